The predicted molar refractivity (Wildman–Crippen MR) is 85.7 cm³/mol. The van der Waals surface area contributed by atoms with Crippen molar-refractivity contribution in [1.82, 2.24) is 9.78 Å². The van der Waals surface area contributed by atoms with Crippen LogP contribution in [0.3, 0.4) is 0 Å². The average Bonchev–Trinajstić information content (AvgIpc) is 2.84. The fourth-order valence-electron chi connectivity index (χ4n) is 2.43. The maximum absolute atomic E-state index is 11.7. The highest BCUT2D eigenvalue weighted by molar-refractivity contribution is 9.10. The summed E-state index contributed by atoms with van der Waals surface area (Å²) in [7, 11) is 1.41. The highest BCUT2D eigenvalue weighted by Crippen LogP contribution is 2.23. The molecule has 0 aliphatic heterocycles. The molecule has 0 atom stereocenters. The van der Waals surface area contributed by atoms with Crippen molar-refractivity contribution in [2.45, 2.75) is 33.1 Å². The Morgan fingerprint density at radius 3 is 2.67 bits per heavy atom. The van der Waals surface area contributed by atoms with Gasteiger partial charge in [-0.2, -0.15) is 5.10 Å². The van der Waals surface area contributed by atoms with Crippen molar-refractivity contribution in [1.29, 1.82) is 0 Å². The summed E-state index contributed by atoms with van der Waals surface area (Å²) in [6.45, 7) is 4.12. The fourth-order valence-corrected chi connectivity index (χ4v) is 2.81. The largest absolute Gasteiger partial charge is 0.469 e. The minimum absolute atomic E-state index is 0.229. The summed E-state index contributed by atoms with van der Waals surface area (Å²) in [6.07, 6.45) is 1.88. The Bertz CT molecular complexity index is 650. The summed E-state index contributed by atoms with van der Waals surface area (Å²) < 4.78 is 7.74. The van der Waals surface area contributed by atoms with Crippen molar-refractivity contribution in [3.05, 3.63) is 45.7 Å². The van der Waals surface area contributed by atoms with Gasteiger partial charge in [0, 0.05) is 15.7 Å². The second kappa shape index (κ2) is 6.89. The van der Waals surface area contributed by atoms with E-state index in [1.54, 1.807) is 0 Å². The molecule has 2 aromatic rings. The summed E-state index contributed by atoms with van der Waals surface area (Å²) in [4.78, 5) is 11.7. The van der Waals surface area contributed by atoms with Crippen molar-refractivity contribution in [3.8, 4) is 5.69 Å². The molecule has 0 spiro atoms. The van der Waals surface area contributed by atoms with Crippen LogP contribution >= 0.6 is 15.9 Å². The first kappa shape index (κ1) is 15.8. The number of benzene rings is 1. The summed E-state index contributed by atoms with van der Waals surface area (Å²) >= 11 is 3.48. The van der Waals surface area contributed by atoms with Crippen LogP contribution in [0.4, 0.5) is 0 Å². The highest BCUT2D eigenvalue weighted by Gasteiger charge is 2.19. The first-order valence-electron chi connectivity index (χ1n) is 7.03. The summed E-state index contributed by atoms with van der Waals surface area (Å²) in [5, 5.41) is 4.69. The molecule has 4 nitrogen and oxygen atoms in total. The van der Waals surface area contributed by atoms with Crippen LogP contribution < -0.4 is 0 Å². The normalized spacial score (nSPS) is 10.7. The van der Waals surface area contributed by atoms with E-state index in [1.807, 2.05) is 35.9 Å². The molecular weight excluding hydrogens is 332 g/mol. The van der Waals surface area contributed by atoms with Gasteiger partial charge >= 0.3 is 5.97 Å². The second-order valence-electron chi connectivity index (χ2n) is 4.72. The number of hydrogen-bond donors (Lipinski definition) is 0. The SMILES string of the molecule is CCc1nn(-c2cccc(Br)c2)c(CC)c1CC(=O)OC. The number of carbonyl (C=O) groups excluding carboxylic acids is 1. The van der Waals surface area contributed by atoms with Gasteiger partial charge in [0.15, 0.2) is 0 Å². The Balaban J connectivity index is 2.54. The van der Waals surface area contributed by atoms with Gasteiger partial charge in [-0.05, 0) is 31.0 Å². The van der Waals surface area contributed by atoms with Crippen LogP contribution in [-0.4, -0.2) is 22.9 Å². The molecule has 0 aliphatic carbocycles. The lowest BCUT2D eigenvalue weighted by molar-refractivity contribution is -0.139. The number of aryl methyl sites for hydroxylation is 1. The number of nitrogens with zero attached hydrogens (tertiary/aromatic N) is 2. The first-order chi connectivity index (χ1) is 10.1. The lowest BCUT2D eigenvalue weighted by Crippen LogP contribution is -2.08. The van der Waals surface area contributed by atoms with Crippen LogP contribution in [0.1, 0.15) is 30.8 Å². The van der Waals surface area contributed by atoms with Gasteiger partial charge in [0.1, 0.15) is 0 Å². The standard InChI is InChI=1S/C16H19BrN2O2/c1-4-14-13(10-16(20)21-3)15(5-2)19(18-14)12-8-6-7-11(17)9-12/h6-9H,4-5,10H2,1-3H3. The molecule has 0 bridgehead atoms. The first-order valence-corrected chi connectivity index (χ1v) is 7.82. The summed E-state index contributed by atoms with van der Waals surface area (Å²) in [5.74, 6) is -0.229. The molecule has 0 fully saturated rings. The zero-order valence-electron chi connectivity index (χ0n) is 12.5. The van der Waals surface area contributed by atoms with Crippen LogP contribution in [0.2, 0.25) is 0 Å². The van der Waals surface area contributed by atoms with Crippen molar-refractivity contribution < 1.29 is 9.53 Å². The summed E-state index contributed by atoms with van der Waals surface area (Å²) in [5.41, 5.74) is 4.01. The van der Waals surface area contributed by atoms with E-state index in [-0.39, 0.29) is 12.4 Å². The van der Waals surface area contributed by atoms with Crippen LogP contribution in [0.25, 0.3) is 5.69 Å². The van der Waals surface area contributed by atoms with Crippen LogP contribution in [0.15, 0.2) is 28.7 Å². The third-order valence-corrected chi connectivity index (χ3v) is 3.94. The predicted octanol–water partition coefficient (Wildman–Crippen LogP) is 3.48. The van der Waals surface area contributed by atoms with Gasteiger partial charge in [0.25, 0.3) is 0 Å². The third-order valence-electron chi connectivity index (χ3n) is 3.44. The molecule has 0 unspecified atom stereocenters. The van der Waals surface area contributed by atoms with E-state index >= 15 is 0 Å². The Morgan fingerprint density at radius 2 is 2.10 bits per heavy atom. The zero-order chi connectivity index (χ0) is 15.4. The number of halogens is 1. The van der Waals surface area contributed by atoms with E-state index in [9.17, 15) is 4.79 Å². The van der Waals surface area contributed by atoms with Crippen molar-refractivity contribution in [3.63, 3.8) is 0 Å². The van der Waals surface area contributed by atoms with Gasteiger partial charge in [-0.3, -0.25) is 4.79 Å². The number of aromatic nitrogens is 2. The van der Waals surface area contributed by atoms with Gasteiger partial charge in [-0.15, -0.1) is 0 Å². The minimum atomic E-state index is -0.229. The molecule has 21 heavy (non-hydrogen) atoms. The molecule has 0 amide bonds. The van der Waals surface area contributed by atoms with Gasteiger partial charge in [0.2, 0.25) is 0 Å². The molecule has 1 heterocycles. The quantitative estimate of drug-likeness (QED) is 0.775. The maximum atomic E-state index is 11.7. The van der Waals surface area contributed by atoms with E-state index < -0.39 is 0 Å². The van der Waals surface area contributed by atoms with E-state index in [0.29, 0.717) is 0 Å². The fraction of sp³-hybridized carbons (Fsp3) is 0.375. The van der Waals surface area contributed by atoms with E-state index in [4.69, 9.17) is 4.74 Å². The number of carbonyl (C=O) groups is 1. The topological polar surface area (TPSA) is 44.1 Å². The molecule has 2 rings (SSSR count). The van der Waals surface area contributed by atoms with Crippen LogP contribution in [-0.2, 0) is 28.8 Å². The second-order valence-corrected chi connectivity index (χ2v) is 5.64. The van der Waals surface area contributed by atoms with E-state index in [0.717, 1.165) is 40.0 Å². The van der Waals surface area contributed by atoms with E-state index in [1.165, 1.54) is 7.11 Å². The monoisotopic (exact) mass is 350 g/mol. The van der Waals surface area contributed by atoms with Gasteiger partial charge < -0.3 is 4.74 Å². The molecule has 1 aromatic heterocycles. The van der Waals surface area contributed by atoms with Crippen LogP contribution in [0, 0.1) is 0 Å². The van der Waals surface area contributed by atoms with Crippen molar-refractivity contribution in [2.75, 3.05) is 7.11 Å². The lowest BCUT2D eigenvalue weighted by Gasteiger charge is -2.08. The van der Waals surface area contributed by atoms with Gasteiger partial charge in [-0.25, -0.2) is 4.68 Å². The minimum Gasteiger partial charge on any atom is -0.469 e. The Hall–Kier alpha value is -1.62. The van der Waals surface area contributed by atoms with Gasteiger partial charge in [0.05, 0.1) is 24.9 Å². The molecule has 0 radical (unpaired) electrons. The van der Waals surface area contributed by atoms with Crippen molar-refractivity contribution in [2.24, 2.45) is 0 Å². The highest BCUT2D eigenvalue weighted by atomic mass is 79.9. The molecule has 1 aromatic carbocycles. The Labute approximate surface area is 133 Å². The Morgan fingerprint density at radius 1 is 1.33 bits per heavy atom. The van der Waals surface area contributed by atoms with E-state index in [2.05, 4.69) is 28.0 Å². The maximum Gasteiger partial charge on any atom is 0.310 e. The number of ether oxygens (including phenoxy) is 1. The summed E-state index contributed by atoms with van der Waals surface area (Å²) in [6, 6.07) is 7.99. The third kappa shape index (κ3) is 3.35. The van der Waals surface area contributed by atoms with Gasteiger partial charge in [-0.1, -0.05) is 35.8 Å². The average molecular weight is 351 g/mol. The zero-order valence-corrected chi connectivity index (χ0v) is 14.1. The molecule has 0 saturated heterocycles. The van der Waals surface area contributed by atoms with Crippen molar-refractivity contribution >= 4 is 21.9 Å². The number of rotatable bonds is 5. The molecule has 112 valence electrons. The molecule has 0 saturated carbocycles. The molecule has 0 N–H and O–H groups in total. The van der Waals surface area contributed by atoms with Crippen LogP contribution in [0.5, 0.6) is 0 Å². The number of methoxy groups -OCH3 is 1. The Kier molecular flexibility index (Phi) is 5.17. The molecular formula is C16H19BrN2O2. The molecule has 5 heteroatoms. The molecule has 0 aliphatic rings. The number of hydrogen-bond acceptors (Lipinski definition) is 3. The number of esters is 1. The lowest BCUT2D eigenvalue weighted by atomic mass is 10.1. The smallest absolute Gasteiger partial charge is 0.310 e.